The third-order valence-corrected chi connectivity index (χ3v) is 5.80. The molecule has 1 unspecified atom stereocenters. The van der Waals surface area contributed by atoms with E-state index < -0.39 is 0 Å². The summed E-state index contributed by atoms with van der Waals surface area (Å²) in [6.45, 7) is 5.96. The minimum atomic E-state index is -0.305. The molecule has 28 heavy (non-hydrogen) atoms. The van der Waals surface area contributed by atoms with Crippen LogP contribution in [0.4, 0.5) is 0 Å². The number of aromatic amines is 1. The zero-order valence-corrected chi connectivity index (χ0v) is 16.6. The molecule has 144 valence electrons. The molecule has 8 nitrogen and oxygen atoms in total. The second-order valence-corrected chi connectivity index (χ2v) is 8.11. The summed E-state index contributed by atoms with van der Waals surface area (Å²) in [5, 5.41) is 12.1. The molecule has 2 N–H and O–H groups in total. The Morgan fingerprint density at radius 3 is 2.89 bits per heavy atom. The number of carbonyl (C=O) groups excluding carboxylic acids is 1. The Labute approximate surface area is 164 Å². The maximum absolute atomic E-state index is 13.1. The Bertz CT molecular complexity index is 1220. The maximum Gasteiger partial charge on any atom is 0.262 e. The molecule has 0 aliphatic heterocycles. The number of rotatable bonds is 5. The molecular formula is C19H20N6O2S. The van der Waals surface area contributed by atoms with E-state index in [2.05, 4.69) is 39.3 Å². The fourth-order valence-corrected chi connectivity index (χ4v) is 4.37. The van der Waals surface area contributed by atoms with Crippen LogP contribution in [0.5, 0.6) is 0 Å². The number of nitrogens with zero attached hydrogens (tertiary/aromatic N) is 4. The van der Waals surface area contributed by atoms with Gasteiger partial charge in [0.2, 0.25) is 0 Å². The first-order valence-electron chi connectivity index (χ1n) is 9.03. The summed E-state index contributed by atoms with van der Waals surface area (Å²) in [6, 6.07) is 5.37. The minimum absolute atomic E-state index is 0.236. The van der Waals surface area contributed by atoms with Gasteiger partial charge in [-0.25, -0.2) is 4.98 Å². The standard InChI is InChI=1S/C19H20N6O2S/c1-10(2)8-12(16-24-23-13-6-4-5-7-25(13)16)22-18(27)15-11(3)14-17(26)20-9-21-19(14)28-15/h4-7,9-10,12H,8H2,1-3H3,(H,22,27)(H,20,21,26). The number of hydrogen-bond donors (Lipinski definition) is 2. The average molecular weight is 396 g/mol. The van der Waals surface area contributed by atoms with Gasteiger partial charge in [0.1, 0.15) is 4.83 Å². The van der Waals surface area contributed by atoms with Crippen LogP contribution in [0, 0.1) is 12.8 Å². The number of nitrogens with one attached hydrogen (secondary N) is 2. The van der Waals surface area contributed by atoms with Gasteiger partial charge in [-0.05, 0) is 37.0 Å². The highest BCUT2D eigenvalue weighted by Gasteiger charge is 2.25. The zero-order valence-electron chi connectivity index (χ0n) is 15.8. The molecule has 0 aliphatic rings. The van der Waals surface area contributed by atoms with E-state index in [1.54, 1.807) is 6.92 Å². The molecule has 4 aromatic heterocycles. The van der Waals surface area contributed by atoms with Gasteiger partial charge in [-0.15, -0.1) is 21.5 Å². The Morgan fingerprint density at radius 1 is 1.32 bits per heavy atom. The monoisotopic (exact) mass is 396 g/mol. The van der Waals surface area contributed by atoms with E-state index in [0.29, 0.717) is 38.8 Å². The number of amides is 1. The van der Waals surface area contributed by atoms with Crippen molar-refractivity contribution in [3.63, 3.8) is 0 Å². The number of hydrogen-bond acceptors (Lipinski definition) is 6. The SMILES string of the molecule is Cc1c(C(=O)NC(CC(C)C)c2nnc3ccccn23)sc2nc[nH]c(=O)c12. The molecule has 4 heterocycles. The fraction of sp³-hybridized carbons (Fsp3) is 0.316. The molecule has 0 spiro atoms. The second-order valence-electron chi connectivity index (χ2n) is 7.11. The molecule has 0 bridgehead atoms. The van der Waals surface area contributed by atoms with Crippen LogP contribution in [0.3, 0.4) is 0 Å². The summed E-state index contributed by atoms with van der Waals surface area (Å²) in [6.07, 6.45) is 3.95. The third-order valence-electron chi connectivity index (χ3n) is 4.60. The van der Waals surface area contributed by atoms with E-state index in [1.807, 2.05) is 28.8 Å². The maximum atomic E-state index is 13.1. The first-order valence-corrected chi connectivity index (χ1v) is 9.84. The van der Waals surface area contributed by atoms with Gasteiger partial charge in [0.15, 0.2) is 11.5 Å². The van der Waals surface area contributed by atoms with Crippen molar-refractivity contribution in [3.8, 4) is 0 Å². The molecule has 0 aromatic carbocycles. The lowest BCUT2D eigenvalue weighted by atomic mass is 10.0. The number of fused-ring (bicyclic) bond motifs is 2. The van der Waals surface area contributed by atoms with E-state index >= 15 is 0 Å². The van der Waals surface area contributed by atoms with Gasteiger partial charge in [0, 0.05) is 6.20 Å². The third kappa shape index (κ3) is 3.18. The van der Waals surface area contributed by atoms with Crippen molar-refractivity contribution in [1.82, 2.24) is 29.9 Å². The Hall–Kier alpha value is -3.07. The van der Waals surface area contributed by atoms with Gasteiger partial charge < -0.3 is 10.3 Å². The number of pyridine rings is 1. The van der Waals surface area contributed by atoms with Crippen LogP contribution in [0.1, 0.15) is 47.4 Å². The summed E-state index contributed by atoms with van der Waals surface area (Å²) in [5.41, 5.74) is 1.13. The topological polar surface area (TPSA) is 105 Å². The Balaban J connectivity index is 1.71. The van der Waals surface area contributed by atoms with Crippen LogP contribution in [0.2, 0.25) is 0 Å². The largest absolute Gasteiger partial charge is 0.341 e. The van der Waals surface area contributed by atoms with Gasteiger partial charge in [0.05, 0.1) is 22.6 Å². The van der Waals surface area contributed by atoms with Gasteiger partial charge >= 0.3 is 0 Å². The predicted molar refractivity (Wildman–Crippen MR) is 108 cm³/mol. The Morgan fingerprint density at radius 2 is 2.14 bits per heavy atom. The zero-order chi connectivity index (χ0) is 19.8. The molecule has 4 rings (SSSR count). The number of carbonyl (C=O) groups is 1. The van der Waals surface area contributed by atoms with Crippen LogP contribution in [-0.4, -0.2) is 30.5 Å². The summed E-state index contributed by atoms with van der Waals surface area (Å²) in [5.74, 6) is 0.792. The quantitative estimate of drug-likeness (QED) is 0.540. The molecule has 0 saturated carbocycles. The van der Waals surface area contributed by atoms with Crippen molar-refractivity contribution in [2.75, 3.05) is 0 Å². The summed E-state index contributed by atoms with van der Waals surface area (Å²) in [4.78, 5) is 33.0. The van der Waals surface area contributed by atoms with Crippen molar-refractivity contribution in [1.29, 1.82) is 0 Å². The van der Waals surface area contributed by atoms with Gasteiger partial charge in [-0.1, -0.05) is 19.9 Å². The average Bonchev–Trinajstić information content (AvgIpc) is 3.23. The van der Waals surface area contributed by atoms with Gasteiger partial charge in [-0.2, -0.15) is 0 Å². The normalized spacial score (nSPS) is 12.7. The number of aromatic nitrogens is 5. The number of H-pyrrole nitrogens is 1. The van der Waals surface area contributed by atoms with E-state index in [9.17, 15) is 9.59 Å². The Kier molecular flexibility index (Phi) is 4.68. The smallest absolute Gasteiger partial charge is 0.262 e. The summed E-state index contributed by atoms with van der Waals surface area (Å²) in [7, 11) is 0. The van der Waals surface area contributed by atoms with Crippen LogP contribution in [-0.2, 0) is 0 Å². The van der Waals surface area contributed by atoms with Crippen molar-refractivity contribution in [3.05, 3.63) is 57.3 Å². The second kappa shape index (κ2) is 7.16. The highest BCUT2D eigenvalue weighted by atomic mass is 32.1. The van der Waals surface area contributed by atoms with Crippen molar-refractivity contribution < 1.29 is 4.79 Å². The lowest BCUT2D eigenvalue weighted by Gasteiger charge is -2.19. The molecule has 0 fully saturated rings. The molecule has 0 aliphatic carbocycles. The molecule has 0 saturated heterocycles. The predicted octanol–water partition coefficient (Wildman–Crippen LogP) is 2.85. The van der Waals surface area contributed by atoms with E-state index in [1.165, 1.54) is 17.7 Å². The van der Waals surface area contributed by atoms with Gasteiger partial charge in [-0.3, -0.25) is 14.0 Å². The molecule has 4 aromatic rings. The van der Waals surface area contributed by atoms with E-state index in [4.69, 9.17) is 0 Å². The molecule has 0 radical (unpaired) electrons. The molecule has 1 amide bonds. The van der Waals surface area contributed by atoms with Crippen LogP contribution < -0.4 is 10.9 Å². The van der Waals surface area contributed by atoms with Crippen molar-refractivity contribution in [2.45, 2.75) is 33.2 Å². The highest BCUT2D eigenvalue weighted by molar-refractivity contribution is 7.20. The molecule has 1 atom stereocenters. The molecular weight excluding hydrogens is 376 g/mol. The lowest BCUT2D eigenvalue weighted by Crippen LogP contribution is -2.30. The minimum Gasteiger partial charge on any atom is -0.341 e. The summed E-state index contributed by atoms with van der Waals surface area (Å²) >= 11 is 1.22. The highest BCUT2D eigenvalue weighted by Crippen LogP contribution is 2.28. The lowest BCUT2D eigenvalue weighted by molar-refractivity contribution is 0.0933. The van der Waals surface area contributed by atoms with Crippen molar-refractivity contribution >= 4 is 33.1 Å². The fourth-order valence-electron chi connectivity index (χ4n) is 3.32. The van der Waals surface area contributed by atoms with E-state index in [0.717, 1.165) is 5.65 Å². The first kappa shape index (κ1) is 18.3. The number of thiophene rings is 1. The van der Waals surface area contributed by atoms with Gasteiger partial charge in [0.25, 0.3) is 11.5 Å². The summed E-state index contributed by atoms with van der Waals surface area (Å²) < 4.78 is 1.89. The van der Waals surface area contributed by atoms with Crippen molar-refractivity contribution in [2.24, 2.45) is 5.92 Å². The van der Waals surface area contributed by atoms with Crippen LogP contribution in [0.15, 0.2) is 35.5 Å². The van der Waals surface area contributed by atoms with Crippen LogP contribution >= 0.6 is 11.3 Å². The van der Waals surface area contributed by atoms with E-state index in [-0.39, 0.29) is 17.5 Å². The van der Waals surface area contributed by atoms with Crippen LogP contribution in [0.25, 0.3) is 15.9 Å². The number of aryl methyl sites for hydroxylation is 1. The molecule has 9 heteroatoms. The first-order chi connectivity index (χ1) is 13.5.